The van der Waals surface area contributed by atoms with Crippen LogP contribution in [0.5, 0.6) is 0 Å². The number of ether oxygens (including phenoxy) is 1. The van der Waals surface area contributed by atoms with Crippen molar-refractivity contribution in [1.29, 1.82) is 0 Å². The van der Waals surface area contributed by atoms with Crippen LogP contribution in [0.25, 0.3) is 0 Å². The van der Waals surface area contributed by atoms with Crippen molar-refractivity contribution >= 4 is 23.3 Å². The number of carbonyl (C=O) groups is 3. The molecule has 0 spiro atoms. The van der Waals surface area contributed by atoms with E-state index in [1.54, 1.807) is 0 Å². The maximum absolute atomic E-state index is 12.2. The van der Waals surface area contributed by atoms with E-state index in [4.69, 9.17) is 4.74 Å². The van der Waals surface area contributed by atoms with Crippen LogP contribution < -0.4 is 0 Å². The summed E-state index contributed by atoms with van der Waals surface area (Å²) < 4.78 is 5.13. The zero-order valence-corrected chi connectivity index (χ0v) is 13.0. The Morgan fingerprint density at radius 2 is 2.00 bits per heavy atom. The first-order chi connectivity index (χ1) is 11.4. The SMILES string of the molecule is CC[C@H]1C(=O)N2[C@@H](C(=O)OCc3ccc([N+](=O)[O-])cc3)C(=O)C[C@H]12. The van der Waals surface area contributed by atoms with Crippen LogP contribution in [0.4, 0.5) is 5.69 Å². The summed E-state index contributed by atoms with van der Waals surface area (Å²) in [4.78, 5) is 47.6. The van der Waals surface area contributed by atoms with Gasteiger partial charge in [0.2, 0.25) is 5.91 Å². The second-order valence-electron chi connectivity index (χ2n) is 5.93. The normalized spacial score (nSPS) is 25.2. The number of benzene rings is 1. The van der Waals surface area contributed by atoms with E-state index in [-0.39, 0.29) is 42.4 Å². The lowest BCUT2D eigenvalue weighted by molar-refractivity contribution is -0.384. The van der Waals surface area contributed by atoms with Crippen molar-refractivity contribution in [2.75, 3.05) is 0 Å². The number of fused-ring (bicyclic) bond motifs is 1. The van der Waals surface area contributed by atoms with Gasteiger partial charge in [-0.15, -0.1) is 0 Å². The summed E-state index contributed by atoms with van der Waals surface area (Å²) in [5.74, 6) is -1.39. The molecular weight excluding hydrogens is 316 g/mol. The van der Waals surface area contributed by atoms with Gasteiger partial charge in [0.1, 0.15) is 6.61 Å². The zero-order chi connectivity index (χ0) is 17.4. The molecule has 0 unspecified atom stereocenters. The fourth-order valence-electron chi connectivity index (χ4n) is 3.30. The Bertz CT molecular complexity index is 714. The second kappa shape index (κ2) is 6.03. The Labute approximate surface area is 137 Å². The number of esters is 1. The molecule has 0 aromatic heterocycles. The summed E-state index contributed by atoms with van der Waals surface area (Å²) in [6.45, 7) is 1.77. The number of rotatable bonds is 5. The first-order valence-electron chi connectivity index (χ1n) is 7.69. The molecule has 2 saturated heterocycles. The number of non-ortho nitro benzene ring substituents is 1. The number of ketones is 1. The third-order valence-electron chi connectivity index (χ3n) is 4.58. The molecule has 1 aromatic carbocycles. The van der Waals surface area contributed by atoms with E-state index in [1.807, 2.05) is 6.92 Å². The van der Waals surface area contributed by atoms with Crippen LogP contribution in [0, 0.1) is 16.0 Å². The number of hydrogen-bond donors (Lipinski definition) is 0. The predicted molar refractivity (Wildman–Crippen MR) is 80.7 cm³/mol. The molecule has 0 bridgehead atoms. The molecule has 3 rings (SSSR count). The van der Waals surface area contributed by atoms with Crippen LogP contribution in [0.1, 0.15) is 25.3 Å². The third-order valence-corrected chi connectivity index (χ3v) is 4.58. The van der Waals surface area contributed by atoms with Crippen molar-refractivity contribution in [2.45, 2.75) is 38.5 Å². The van der Waals surface area contributed by atoms with Gasteiger partial charge < -0.3 is 9.64 Å². The monoisotopic (exact) mass is 332 g/mol. The van der Waals surface area contributed by atoms with E-state index in [2.05, 4.69) is 0 Å². The largest absolute Gasteiger partial charge is 0.459 e. The molecule has 2 aliphatic rings. The summed E-state index contributed by atoms with van der Waals surface area (Å²) in [5, 5.41) is 10.6. The molecule has 3 atom stereocenters. The Kier molecular flexibility index (Phi) is 4.04. The minimum Gasteiger partial charge on any atom is -0.459 e. The molecule has 2 aliphatic heterocycles. The van der Waals surface area contributed by atoms with Gasteiger partial charge in [0.05, 0.1) is 16.9 Å². The maximum Gasteiger partial charge on any atom is 0.337 e. The van der Waals surface area contributed by atoms with Crippen LogP contribution in [0.2, 0.25) is 0 Å². The van der Waals surface area contributed by atoms with Crippen molar-refractivity contribution in [2.24, 2.45) is 5.92 Å². The highest BCUT2D eigenvalue weighted by molar-refractivity contribution is 6.11. The number of hydrogen-bond acceptors (Lipinski definition) is 6. The van der Waals surface area contributed by atoms with Crippen molar-refractivity contribution in [3.05, 3.63) is 39.9 Å². The van der Waals surface area contributed by atoms with Crippen LogP contribution in [-0.2, 0) is 25.7 Å². The number of carbonyl (C=O) groups excluding carboxylic acids is 3. The van der Waals surface area contributed by atoms with Gasteiger partial charge >= 0.3 is 5.97 Å². The van der Waals surface area contributed by atoms with Crippen molar-refractivity contribution in [3.8, 4) is 0 Å². The summed E-state index contributed by atoms with van der Waals surface area (Å²) in [7, 11) is 0. The Balaban J connectivity index is 1.62. The van der Waals surface area contributed by atoms with E-state index < -0.39 is 16.9 Å². The molecule has 1 aromatic rings. The first kappa shape index (κ1) is 16.1. The van der Waals surface area contributed by atoms with Gasteiger partial charge in [0.25, 0.3) is 5.69 Å². The molecule has 0 saturated carbocycles. The highest BCUT2D eigenvalue weighted by atomic mass is 16.6. The predicted octanol–water partition coefficient (Wildman–Crippen LogP) is 1.22. The van der Waals surface area contributed by atoms with E-state index in [1.165, 1.54) is 29.2 Å². The molecule has 8 heteroatoms. The molecule has 8 nitrogen and oxygen atoms in total. The molecule has 24 heavy (non-hydrogen) atoms. The second-order valence-corrected chi connectivity index (χ2v) is 5.93. The topological polar surface area (TPSA) is 107 Å². The Hall–Kier alpha value is -2.77. The van der Waals surface area contributed by atoms with Gasteiger partial charge in [-0.1, -0.05) is 6.92 Å². The minimum atomic E-state index is -1.15. The molecule has 1 amide bonds. The average molecular weight is 332 g/mol. The molecule has 2 fully saturated rings. The highest BCUT2D eigenvalue weighted by Crippen LogP contribution is 2.39. The maximum atomic E-state index is 12.2. The number of β-lactam (4-membered cyclic amide) rings is 1. The van der Waals surface area contributed by atoms with Crippen molar-refractivity contribution < 1.29 is 24.0 Å². The fourth-order valence-corrected chi connectivity index (χ4v) is 3.30. The van der Waals surface area contributed by atoms with Crippen LogP contribution >= 0.6 is 0 Å². The average Bonchev–Trinajstić information content (AvgIpc) is 2.86. The molecule has 126 valence electrons. The number of nitro benzene ring substituents is 1. The lowest BCUT2D eigenvalue weighted by Crippen LogP contribution is -2.61. The summed E-state index contributed by atoms with van der Waals surface area (Å²) >= 11 is 0. The third kappa shape index (κ3) is 2.53. The molecule has 0 radical (unpaired) electrons. The lowest BCUT2D eigenvalue weighted by Gasteiger charge is -2.43. The summed E-state index contributed by atoms with van der Waals surface area (Å²) in [6, 6.07) is 4.24. The number of nitro groups is 1. The first-order valence-corrected chi connectivity index (χ1v) is 7.69. The Morgan fingerprint density at radius 1 is 1.33 bits per heavy atom. The van der Waals surface area contributed by atoms with Gasteiger partial charge in [-0.25, -0.2) is 4.79 Å². The number of nitrogens with zero attached hydrogens (tertiary/aromatic N) is 2. The van der Waals surface area contributed by atoms with Gasteiger partial charge in [-0.05, 0) is 24.1 Å². The smallest absolute Gasteiger partial charge is 0.337 e. The van der Waals surface area contributed by atoms with Gasteiger partial charge in [-0.2, -0.15) is 0 Å². The van der Waals surface area contributed by atoms with Crippen LogP contribution in [0.15, 0.2) is 24.3 Å². The van der Waals surface area contributed by atoms with Crippen LogP contribution in [-0.4, -0.2) is 39.6 Å². The van der Waals surface area contributed by atoms with Gasteiger partial charge in [-0.3, -0.25) is 19.7 Å². The highest BCUT2D eigenvalue weighted by Gasteiger charge is 2.59. The lowest BCUT2D eigenvalue weighted by atomic mass is 9.86. The standard InChI is InChI=1S/C16H16N2O6/c1-2-11-12-7-13(19)14(17(12)15(11)20)16(21)24-8-9-3-5-10(6-4-9)18(22)23/h3-6,11-12,14H,2,7-8H2,1H3/t11-,12-,14-/m1/s1. The minimum absolute atomic E-state index is 0.0596. The van der Waals surface area contributed by atoms with E-state index in [9.17, 15) is 24.5 Å². The van der Waals surface area contributed by atoms with E-state index >= 15 is 0 Å². The van der Waals surface area contributed by atoms with Crippen LogP contribution in [0.3, 0.4) is 0 Å². The fraction of sp³-hybridized carbons (Fsp3) is 0.438. The van der Waals surface area contributed by atoms with Gasteiger partial charge in [0.15, 0.2) is 11.8 Å². The number of Topliss-reactive ketones (excluding diaryl/α,β-unsaturated/α-hetero) is 1. The van der Waals surface area contributed by atoms with E-state index in [0.29, 0.717) is 12.0 Å². The molecule has 0 aliphatic carbocycles. The Morgan fingerprint density at radius 3 is 2.58 bits per heavy atom. The quantitative estimate of drug-likeness (QED) is 0.264. The number of amides is 1. The van der Waals surface area contributed by atoms with Crippen molar-refractivity contribution in [1.82, 2.24) is 4.90 Å². The molecular formula is C16H16N2O6. The van der Waals surface area contributed by atoms with E-state index in [0.717, 1.165) is 0 Å². The van der Waals surface area contributed by atoms with Crippen molar-refractivity contribution in [3.63, 3.8) is 0 Å². The van der Waals surface area contributed by atoms with Gasteiger partial charge in [0, 0.05) is 18.6 Å². The zero-order valence-electron chi connectivity index (χ0n) is 13.0. The summed E-state index contributed by atoms with van der Waals surface area (Å²) in [6.07, 6.45) is 0.847. The molecule has 2 heterocycles. The summed E-state index contributed by atoms with van der Waals surface area (Å²) in [5.41, 5.74) is 0.507. The molecule has 0 N–H and O–H groups in total.